The molecule has 0 saturated heterocycles. The smallest absolute Gasteiger partial charge is 0.220 e. The summed E-state index contributed by atoms with van der Waals surface area (Å²) in [4.78, 5) is 11.5. The molecule has 6 nitrogen and oxygen atoms in total. The van der Waals surface area contributed by atoms with Gasteiger partial charge in [-0.15, -0.1) is 10.2 Å². The van der Waals surface area contributed by atoms with E-state index in [1.807, 2.05) is 6.92 Å². The van der Waals surface area contributed by atoms with E-state index >= 15 is 0 Å². The van der Waals surface area contributed by atoms with Crippen LogP contribution in [0.3, 0.4) is 0 Å². The van der Waals surface area contributed by atoms with Crippen LogP contribution in [0.4, 0.5) is 0 Å². The van der Waals surface area contributed by atoms with Crippen LogP contribution < -0.4 is 5.32 Å². The topological polar surface area (TPSA) is 80.0 Å². The minimum atomic E-state index is -0.124. The van der Waals surface area contributed by atoms with Gasteiger partial charge in [0.1, 0.15) is 5.82 Å². The number of aliphatic hydroxyl groups excluding tert-OH is 1. The molecule has 1 aromatic rings. The molecule has 0 spiro atoms. The number of nitrogens with zero attached hydrogens (tertiary/aromatic N) is 3. The van der Waals surface area contributed by atoms with E-state index in [0.29, 0.717) is 12.8 Å². The van der Waals surface area contributed by atoms with Crippen LogP contribution in [-0.4, -0.2) is 32.4 Å². The van der Waals surface area contributed by atoms with E-state index in [1.165, 1.54) is 0 Å². The molecule has 0 radical (unpaired) electrons. The van der Waals surface area contributed by atoms with E-state index in [-0.39, 0.29) is 18.6 Å². The highest BCUT2D eigenvalue weighted by molar-refractivity contribution is 5.76. The molecule has 2 rings (SSSR count). The molecule has 0 aliphatic carbocycles. The lowest BCUT2D eigenvalue weighted by atomic mass is 10.2. The van der Waals surface area contributed by atoms with Gasteiger partial charge in [0, 0.05) is 26.0 Å². The molecule has 1 amide bonds. The summed E-state index contributed by atoms with van der Waals surface area (Å²) in [5.74, 6) is 1.79. The van der Waals surface area contributed by atoms with Gasteiger partial charge in [-0.3, -0.25) is 4.79 Å². The number of aliphatic hydroxyl groups is 1. The van der Waals surface area contributed by atoms with Crippen molar-refractivity contribution in [2.24, 2.45) is 0 Å². The first-order chi connectivity index (χ1) is 8.22. The van der Waals surface area contributed by atoms with Crippen molar-refractivity contribution in [1.29, 1.82) is 0 Å². The van der Waals surface area contributed by atoms with Crippen LogP contribution in [-0.2, 0) is 17.8 Å². The molecule has 94 valence electrons. The average Bonchev–Trinajstić information content (AvgIpc) is 2.87. The van der Waals surface area contributed by atoms with Gasteiger partial charge in [0.05, 0.1) is 6.04 Å². The fourth-order valence-corrected chi connectivity index (χ4v) is 2.11. The molecular formula is C11H18N4O2. The van der Waals surface area contributed by atoms with Gasteiger partial charge in [0.15, 0.2) is 5.82 Å². The van der Waals surface area contributed by atoms with Crippen molar-refractivity contribution in [1.82, 2.24) is 20.1 Å². The first-order valence-corrected chi connectivity index (χ1v) is 6.04. The second-order valence-corrected chi connectivity index (χ2v) is 4.35. The molecule has 1 aromatic heterocycles. The molecule has 1 unspecified atom stereocenters. The van der Waals surface area contributed by atoms with Gasteiger partial charge in [0.25, 0.3) is 0 Å². The Kier molecular flexibility index (Phi) is 3.73. The maximum Gasteiger partial charge on any atom is 0.220 e. The Morgan fingerprint density at radius 2 is 2.41 bits per heavy atom. The summed E-state index contributed by atoms with van der Waals surface area (Å²) in [6.45, 7) is 2.89. The number of carbonyl (C=O) groups is 1. The Hall–Kier alpha value is -1.43. The van der Waals surface area contributed by atoms with E-state index in [1.54, 1.807) is 0 Å². The summed E-state index contributed by atoms with van der Waals surface area (Å²) in [7, 11) is 0. The predicted octanol–water partition coefficient (Wildman–Crippen LogP) is 0.174. The molecule has 2 heterocycles. The molecule has 0 fully saturated rings. The van der Waals surface area contributed by atoms with E-state index in [4.69, 9.17) is 5.11 Å². The maximum absolute atomic E-state index is 11.5. The number of nitrogens with one attached hydrogen (secondary N) is 1. The number of carbonyl (C=O) groups excluding carboxylic acids is 1. The molecule has 1 atom stereocenters. The maximum atomic E-state index is 11.5. The standard InChI is InChI=1S/C11H18N4O2/c1-8(12-10(17)5-3-7-16)11-14-13-9-4-2-6-15(9)11/h8,16H,2-7H2,1H3,(H,12,17). The Morgan fingerprint density at radius 1 is 1.59 bits per heavy atom. The van der Waals surface area contributed by atoms with Crippen LogP contribution >= 0.6 is 0 Å². The fraction of sp³-hybridized carbons (Fsp3) is 0.727. The van der Waals surface area contributed by atoms with E-state index in [9.17, 15) is 4.79 Å². The number of fused-ring (bicyclic) bond motifs is 1. The van der Waals surface area contributed by atoms with Crippen LogP contribution in [0, 0.1) is 0 Å². The highest BCUT2D eigenvalue weighted by Crippen LogP contribution is 2.18. The quantitative estimate of drug-likeness (QED) is 0.766. The molecule has 0 saturated carbocycles. The normalized spacial score (nSPS) is 15.6. The molecule has 6 heteroatoms. The number of aryl methyl sites for hydroxylation is 1. The number of amides is 1. The third-order valence-electron chi connectivity index (χ3n) is 2.96. The molecule has 0 bridgehead atoms. The van der Waals surface area contributed by atoms with Crippen molar-refractivity contribution in [3.05, 3.63) is 11.6 Å². The largest absolute Gasteiger partial charge is 0.396 e. The lowest BCUT2D eigenvalue weighted by Gasteiger charge is -2.13. The Labute approximate surface area is 100 Å². The minimum absolute atomic E-state index is 0.0438. The number of rotatable bonds is 5. The van der Waals surface area contributed by atoms with Gasteiger partial charge >= 0.3 is 0 Å². The van der Waals surface area contributed by atoms with Crippen LogP contribution in [0.5, 0.6) is 0 Å². The Balaban J connectivity index is 1.95. The number of hydrogen-bond acceptors (Lipinski definition) is 4. The minimum Gasteiger partial charge on any atom is -0.396 e. The Bertz CT molecular complexity index is 402. The van der Waals surface area contributed by atoms with Crippen molar-refractivity contribution >= 4 is 5.91 Å². The van der Waals surface area contributed by atoms with Crippen LogP contribution in [0.15, 0.2) is 0 Å². The summed E-state index contributed by atoms with van der Waals surface area (Å²) in [6.07, 6.45) is 2.92. The van der Waals surface area contributed by atoms with Gasteiger partial charge < -0.3 is 15.0 Å². The second-order valence-electron chi connectivity index (χ2n) is 4.35. The molecule has 0 aromatic carbocycles. The fourth-order valence-electron chi connectivity index (χ4n) is 2.11. The number of aromatic nitrogens is 3. The van der Waals surface area contributed by atoms with Gasteiger partial charge in [-0.2, -0.15) is 0 Å². The Morgan fingerprint density at radius 3 is 3.18 bits per heavy atom. The summed E-state index contributed by atoms with van der Waals surface area (Å²) >= 11 is 0. The summed E-state index contributed by atoms with van der Waals surface area (Å²) in [5, 5.41) is 19.8. The first-order valence-electron chi connectivity index (χ1n) is 6.04. The molecule has 17 heavy (non-hydrogen) atoms. The molecule has 1 aliphatic rings. The first kappa shape index (κ1) is 12.0. The lowest BCUT2D eigenvalue weighted by Crippen LogP contribution is -2.28. The van der Waals surface area contributed by atoms with Crippen molar-refractivity contribution in [3.63, 3.8) is 0 Å². The van der Waals surface area contributed by atoms with E-state index in [0.717, 1.165) is 31.0 Å². The lowest BCUT2D eigenvalue weighted by molar-refractivity contribution is -0.122. The van der Waals surface area contributed by atoms with Crippen LogP contribution in [0.2, 0.25) is 0 Å². The van der Waals surface area contributed by atoms with Gasteiger partial charge in [0.2, 0.25) is 5.91 Å². The van der Waals surface area contributed by atoms with Gasteiger partial charge in [-0.05, 0) is 19.8 Å². The van der Waals surface area contributed by atoms with Gasteiger partial charge in [-0.25, -0.2) is 0 Å². The average molecular weight is 238 g/mol. The van der Waals surface area contributed by atoms with Crippen molar-refractivity contribution in [2.45, 2.75) is 45.2 Å². The summed E-state index contributed by atoms with van der Waals surface area (Å²) < 4.78 is 2.08. The second kappa shape index (κ2) is 5.27. The van der Waals surface area contributed by atoms with Crippen molar-refractivity contribution in [2.75, 3.05) is 6.61 Å². The molecule has 2 N–H and O–H groups in total. The monoisotopic (exact) mass is 238 g/mol. The SMILES string of the molecule is CC(NC(=O)CCCO)c1nnc2n1CCC2. The zero-order valence-corrected chi connectivity index (χ0v) is 10.0. The van der Waals surface area contributed by atoms with Gasteiger partial charge in [-0.1, -0.05) is 0 Å². The van der Waals surface area contributed by atoms with Crippen LogP contribution in [0.1, 0.15) is 43.9 Å². The molecule has 1 aliphatic heterocycles. The van der Waals surface area contributed by atoms with Crippen LogP contribution in [0.25, 0.3) is 0 Å². The summed E-state index contributed by atoms with van der Waals surface area (Å²) in [6, 6.07) is -0.124. The third kappa shape index (κ3) is 2.63. The highest BCUT2D eigenvalue weighted by Gasteiger charge is 2.21. The third-order valence-corrected chi connectivity index (χ3v) is 2.96. The summed E-state index contributed by atoms with van der Waals surface area (Å²) in [5.41, 5.74) is 0. The van der Waals surface area contributed by atoms with Crippen molar-refractivity contribution < 1.29 is 9.90 Å². The van der Waals surface area contributed by atoms with E-state index in [2.05, 4.69) is 20.1 Å². The zero-order chi connectivity index (χ0) is 12.3. The predicted molar refractivity (Wildman–Crippen MR) is 61.2 cm³/mol. The zero-order valence-electron chi connectivity index (χ0n) is 10.0. The van der Waals surface area contributed by atoms with Crippen molar-refractivity contribution in [3.8, 4) is 0 Å². The number of hydrogen-bond donors (Lipinski definition) is 2. The van der Waals surface area contributed by atoms with E-state index < -0.39 is 0 Å². The molecular weight excluding hydrogens is 220 g/mol. The highest BCUT2D eigenvalue weighted by atomic mass is 16.3.